The average Bonchev–Trinajstić information content (AvgIpc) is 3.78. The van der Waals surface area contributed by atoms with Crippen LogP contribution in [0, 0.1) is 11.8 Å². The van der Waals surface area contributed by atoms with E-state index in [0.29, 0.717) is 32.1 Å². The summed E-state index contributed by atoms with van der Waals surface area (Å²) in [7, 11) is -7.49. The second kappa shape index (κ2) is 27.2. The number of hydrogen-bond donors (Lipinski definition) is 4. The Labute approximate surface area is 465 Å². The SMILES string of the molecule is CO/N=C(\C(=O)C[C@@H]1C(=O)N(S(=O)(=O)[O-])[C@H]1CSCCNC(=O)OC(C)(C)C)c1cnc(N)s1.CO/N=C(\C(=O)C[C@@H]1C(=O)N(S(=O)(=O)[O-])[C@H]1CSCC[NH3+])c1cnc(N)s1.[K+].[K+]. The van der Waals surface area contributed by atoms with Gasteiger partial charge >= 0.3 is 109 Å². The molecule has 0 radical (unpaired) electrons. The fraction of sp³-hybridized carbons (Fsp3) is 0.581. The third-order valence-corrected chi connectivity index (χ3v) is 13.8. The number of nitrogens with zero attached hydrogens (tertiary/aromatic N) is 6. The number of nitrogen functional groups attached to an aromatic ring is 2. The van der Waals surface area contributed by atoms with Gasteiger partial charge in [0.05, 0.1) is 40.2 Å². The zero-order valence-corrected chi connectivity index (χ0v) is 46.5. The summed E-state index contributed by atoms with van der Waals surface area (Å²) in [5.41, 5.74) is 14.0. The van der Waals surface area contributed by atoms with Crippen LogP contribution in [0.15, 0.2) is 22.7 Å². The fourth-order valence-corrected chi connectivity index (χ4v) is 11.0. The first-order chi connectivity index (χ1) is 28.4. The minimum absolute atomic E-state index is 0. The summed E-state index contributed by atoms with van der Waals surface area (Å²) in [6.45, 7) is 5.99. The monoisotopic (exact) mass is 1050 g/mol. The predicted octanol–water partition coefficient (Wildman–Crippen LogP) is -7.11. The molecule has 4 atom stereocenters. The number of amides is 3. The molecule has 2 fully saturated rings. The van der Waals surface area contributed by atoms with Crippen molar-refractivity contribution >= 4 is 118 Å². The van der Waals surface area contributed by atoms with Crippen molar-refractivity contribution in [1.82, 2.24) is 23.9 Å². The number of ketones is 2. The van der Waals surface area contributed by atoms with E-state index >= 15 is 0 Å². The summed E-state index contributed by atoms with van der Waals surface area (Å²) < 4.78 is 74.3. The van der Waals surface area contributed by atoms with Crippen LogP contribution in [0.2, 0.25) is 0 Å². The number of nitrogens with two attached hydrogens (primary N) is 2. The molecule has 24 nitrogen and oxygen atoms in total. The maximum Gasteiger partial charge on any atom is 1.00 e. The van der Waals surface area contributed by atoms with E-state index < -0.39 is 79.6 Å². The molecule has 0 saturated carbocycles. The van der Waals surface area contributed by atoms with E-state index in [2.05, 4.69) is 36.2 Å². The van der Waals surface area contributed by atoms with Crippen LogP contribution in [0.5, 0.6) is 0 Å². The number of carbonyl (C=O) groups is 5. The van der Waals surface area contributed by atoms with Gasteiger partial charge < -0.3 is 46.0 Å². The fourth-order valence-electron chi connectivity index (χ4n) is 5.60. The van der Waals surface area contributed by atoms with Gasteiger partial charge in [-0.2, -0.15) is 23.5 Å². The molecule has 0 bridgehead atoms. The minimum Gasteiger partial charge on any atom is -0.731 e. The third-order valence-electron chi connectivity index (χ3n) is 8.08. The molecule has 2 aromatic rings. The van der Waals surface area contributed by atoms with Crippen molar-refractivity contribution in [3.63, 3.8) is 0 Å². The zero-order valence-electron chi connectivity index (χ0n) is 35.3. The van der Waals surface area contributed by atoms with Gasteiger partial charge in [0.2, 0.25) is 11.8 Å². The molecular formula is C31H45K2N10O14S6+. The molecule has 2 saturated heterocycles. The van der Waals surface area contributed by atoms with Gasteiger partial charge in [-0.25, -0.2) is 40.2 Å². The Hall–Kier alpha value is -0.897. The first-order valence-electron chi connectivity index (χ1n) is 17.7. The molecule has 0 aliphatic carbocycles. The van der Waals surface area contributed by atoms with Crippen molar-refractivity contribution < 1.29 is 173 Å². The maximum absolute atomic E-state index is 12.8. The smallest absolute Gasteiger partial charge is 0.731 e. The first-order valence-corrected chi connectivity index (χ1v) is 24.3. The van der Waals surface area contributed by atoms with Gasteiger partial charge in [0.25, 0.3) is 0 Å². The van der Waals surface area contributed by atoms with Gasteiger partial charge in [-0.05, 0) is 20.8 Å². The molecule has 2 aliphatic rings. The number of rotatable bonds is 21. The van der Waals surface area contributed by atoms with Crippen molar-refractivity contribution in [2.75, 3.05) is 61.8 Å². The van der Waals surface area contributed by atoms with Crippen molar-refractivity contribution in [2.45, 2.75) is 51.3 Å². The van der Waals surface area contributed by atoms with Crippen molar-refractivity contribution in [2.24, 2.45) is 22.1 Å². The van der Waals surface area contributed by atoms with E-state index in [9.17, 15) is 49.9 Å². The largest absolute Gasteiger partial charge is 1.00 e. The molecule has 340 valence electrons. The molecule has 0 unspecified atom stereocenters. The number of carbonyl (C=O) groups excluding carboxylic acids is 5. The van der Waals surface area contributed by atoms with Crippen LogP contribution < -0.4 is 125 Å². The van der Waals surface area contributed by atoms with Crippen LogP contribution in [-0.2, 0) is 54.2 Å². The Morgan fingerprint density at radius 1 is 0.825 bits per heavy atom. The van der Waals surface area contributed by atoms with Crippen LogP contribution in [0.3, 0.4) is 0 Å². The van der Waals surface area contributed by atoms with Gasteiger partial charge in [-0.15, -0.1) is 0 Å². The topological polar surface area (TPSA) is 376 Å². The summed E-state index contributed by atoms with van der Waals surface area (Å²) in [6.07, 6.45) is 1.39. The molecular weight excluding hydrogens is 1010 g/mol. The Kier molecular flexibility index (Phi) is 25.9. The number of ether oxygens (including phenoxy) is 1. The molecule has 2 aliphatic heterocycles. The average molecular weight is 1050 g/mol. The second-order valence-corrected chi connectivity index (χ2v) is 20.5. The summed E-state index contributed by atoms with van der Waals surface area (Å²) in [6, 6.07) is -1.89. The number of oxime groups is 2. The van der Waals surface area contributed by atoms with E-state index in [-0.39, 0.29) is 160 Å². The molecule has 8 N–H and O–H groups in total. The Morgan fingerprint density at radius 3 is 1.54 bits per heavy atom. The van der Waals surface area contributed by atoms with Crippen molar-refractivity contribution in [1.29, 1.82) is 0 Å². The van der Waals surface area contributed by atoms with Crippen LogP contribution >= 0.6 is 46.2 Å². The molecule has 2 aromatic heterocycles. The number of quaternary nitrogens is 1. The molecule has 0 spiro atoms. The van der Waals surface area contributed by atoms with E-state index in [4.69, 9.17) is 21.0 Å². The quantitative estimate of drug-likeness (QED) is 0.0225. The minimum atomic E-state index is -5.05. The number of Topliss-reactive ketones (excluding diaryl/α,β-unsaturated/α-hetero) is 2. The van der Waals surface area contributed by atoms with Crippen molar-refractivity contribution in [3.05, 3.63) is 22.1 Å². The molecule has 4 rings (SSSR count). The van der Waals surface area contributed by atoms with Crippen molar-refractivity contribution in [3.8, 4) is 0 Å². The molecule has 3 amide bonds. The number of β-lactam (4-membered cyclic amide) rings is 2. The number of aromatic nitrogens is 2. The standard InChI is InChI=1S/C18H27N5O8S3.C13H19N5O6S3.2K/c1-18(2,3)31-17(26)20-5-6-32-9-11-10(15(25)23(11)34(27,28)29)7-12(24)14(22-30-4)13-8-21-16(19)33-13;1-24-17-11(10-5-16-13(15)26-10)9(19)4-7-8(6-25-3-2-14)18(12(7)20)27(21,22)23;;/h8,10-11H,5-7,9H2,1-4H3,(H2,19,21)(H,20,26)(H,27,28,29);5,7-8H,2-4,6,14H2,1H3,(H2,15,16)(H,21,22,23);;/q;;2*+1/p-1/b22-14+;17-11+;;/t10-,11-;7-,8-;;/m00../s1. The number of alkyl carbamates (subject to hydrolysis) is 1. The van der Waals surface area contributed by atoms with Gasteiger partial charge in [0.1, 0.15) is 19.8 Å². The van der Waals surface area contributed by atoms with Gasteiger partial charge in [-0.1, -0.05) is 33.0 Å². The summed E-state index contributed by atoms with van der Waals surface area (Å²) in [5, 5.41) is 10.3. The molecule has 0 aromatic carbocycles. The van der Waals surface area contributed by atoms with E-state index in [1.807, 2.05) is 0 Å². The van der Waals surface area contributed by atoms with E-state index in [1.54, 1.807) is 20.8 Å². The van der Waals surface area contributed by atoms with Crippen LogP contribution in [0.4, 0.5) is 15.1 Å². The van der Waals surface area contributed by atoms with Gasteiger partial charge in [0, 0.05) is 54.8 Å². The van der Waals surface area contributed by atoms with E-state index in [0.717, 1.165) is 22.7 Å². The normalized spacial score (nSPS) is 19.0. The van der Waals surface area contributed by atoms with Gasteiger partial charge in [0.15, 0.2) is 53.9 Å². The van der Waals surface area contributed by atoms with Crippen LogP contribution in [0.25, 0.3) is 0 Å². The zero-order chi connectivity index (χ0) is 45.9. The number of anilines is 2. The number of thioether (sulfide) groups is 2. The maximum atomic E-state index is 12.8. The number of nitrogens with one attached hydrogen (secondary N) is 1. The summed E-state index contributed by atoms with van der Waals surface area (Å²) in [4.78, 5) is 79.5. The predicted molar refractivity (Wildman–Crippen MR) is 224 cm³/mol. The molecule has 63 heavy (non-hydrogen) atoms. The van der Waals surface area contributed by atoms with Gasteiger partial charge in [-0.3, -0.25) is 19.2 Å². The molecule has 32 heteroatoms. The first kappa shape index (κ1) is 60.1. The van der Waals surface area contributed by atoms with E-state index in [1.165, 1.54) is 50.1 Å². The number of thiazole rings is 2. The van der Waals surface area contributed by atoms with Crippen LogP contribution in [0.1, 0.15) is 43.4 Å². The number of hydrogen-bond acceptors (Lipinski definition) is 24. The van der Waals surface area contributed by atoms with Crippen LogP contribution in [-0.4, -0.2) is 153 Å². The summed E-state index contributed by atoms with van der Waals surface area (Å²) in [5.74, 6) is -3.66. The second-order valence-electron chi connectivity index (χ2n) is 13.6. The Morgan fingerprint density at radius 2 is 1.22 bits per heavy atom. The third kappa shape index (κ3) is 17.9. The summed E-state index contributed by atoms with van der Waals surface area (Å²) >= 11 is 4.58. The Balaban J connectivity index is 0.000000625. The Bertz CT molecular complexity index is 2210. The molecule has 4 heterocycles.